The van der Waals surface area contributed by atoms with E-state index in [0.717, 1.165) is 0 Å². The topological polar surface area (TPSA) is 26.3 Å². The lowest BCUT2D eigenvalue weighted by Gasteiger charge is -2.03. The maximum atomic E-state index is 11.0. The van der Waals surface area contributed by atoms with Gasteiger partial charge in [-0.3, -0.25) is 4.79 Å². The van der Waals surface area contributed by atoms with Crippen LogP contribution in [0.1, 0.15) is 13.3 Å². The van der Waals surface area contributed by atoms with Crippen molar-refractivity contribution in [2.24, 2.45) is 5.92 Å². The molecular weight excluding hydrogens is 152 g/mol. The van der Waals surface area contributed by atoms with Crippen LogP contribution < -0.4 is 0 Å². The predicted molar refractivity (Wildman–Crippen MR) is 50.0 cm³/mol. The third kappa shape index (κ3) is 4.85. The summed E-state index contributed by atoms with van der Waals surface area (Å²) in [5.41, 5.74) is 0. The van der Waals surface area contributed by atoms with Crippen LogP contribution in [0.4, 0.5) is 0 Å². The molecule has 0 bridgehead atoms. The highest BCUT2D eigenvalue weighted by Crippen LogP contribution is 2.06. The fraction of sp³-hybridized carbons (Fsp3) is 0.500. The molecule has 2 nitrogen and oxygen atoms in total. The summed E-state index contributed by atoms with van der Waals surface area (Å²) in [5.74, 6) is 0.139. The van der Waals surface area contributed by atoms with Crippen molar-refractivity contribution in [2.45, 2.75) is 13.3 Å². The van der Waals surface area contributed by atoms with Gasteiger partial charge in [-0.1, -0.05) is 18.2 Å². The molecule has 0 radical (unpaired) electrons. The maximum Gasteiger partial charge on any atom is 0.136 e. The Labute approximate surface area is 73.9 Å². The van der Waals surface area contributed by atoms with E-state index in [9.17, 15) is 4.79 Å². The minimum absolute atomic E-state index is 0.0300. The average Bonchev–Trinajstić information content (AvgIpc) is 2.03. The van der Waals surface area contributed by atoms with Crippen LogP contribution in [0.25, 0.3) is 0 Å². The number of hydrogen-bond donors (Lipinski definition) is 0. The highest BCUT2D eigenvalue weighted by Gasteiger charge is 2.06. The number of allylic oxidation sites excluding steroid dienone is 2. The van der Waals surface area contributed by atoms with Gasteiger partial charge < -0.3 is 4.74 Å². The van der Waals surface area contributed by atoms with Crippen LogP contribution in [0.5, 0.6) is 0 Å². The monoisotopic (exact) mass is 168 g/mol. The van der Waals surface area contributed by atoms with Crippen molar-refractivity contribution in [3.8, 4) is 0 Å². The summed E-state index contributed by atoms with van der Waals surface area (Å²) in [4.78, 5) is 11.0. The molecule has 0 aromatic carbocycles. The van der Waals surface area contributed by atoms with Crippen molar-refractivity contribution in [1.29, 1.82) is 0 Å². The van der Waals surface area contributed by atoms with E-state index in [1.54, 1.807) is 20.1 Å². The Bertz CT molecular complexity index is 171. The van der Waals surface area contributed by atoms with Crippen LogP contribution in [0.2, 0.25) is 0 Å². The molecule has 0 N–H and O–H groups in total. The molecule has 1 unspecified atom stereocenters. The Balaban J connectivity index is 3.93. The molecule has 0 saturated heterocycles. The Hall–Kier alpha value is -0.890. The van der Waals surface area contributed by atoms with Crippen LogP contribution >= 0.6 is 0 Å². The molecule has 2 heteroatoms. The third-order valence-corrected chi connectivity index (χ3v) is 1.57. The van der Waals surface area contributed by atoms with Crippen molar-refractivity contribution in [3.05, 3.63) is 24.8 Å². The fourth-order valence-electron chi connectivity index (χ4n) is 0.876. The highest BCUT2D eigenvalue weighted by molar-refractivity contribution is 5.80. The number of rotatable bonds is 6. The lowest BCUT2D eigenvalue weighted by Crippen LogP contribution is -2.06. The molecule has 0 aliphatic heterocycles. The quantitative estimate of drug-likeness (QED) is 0.567. The van der Waals surface area contributed by atoms with Crippen LogP contribution in [0.15, 0.2) is 24.8 Å². The van der Waals surface area contributed by atoms with E-state index >= 15 is 0 Å². The van der Waals surface area contributed by atoms with Gasteiger partial charge in [-0.05, 0) is 13.3 Å². The number of carbonyl (C=O) groups is 1. The SMILES string of the molecule is C=CCC(/C=C\COC)C(C)=O. The predicted octanol–water partition coefficient (Wildman–Crippen LogP) is 1.97. The zero-order valence-corrected chi connectivity index (χ0v) is 7.75. The molecule has 12 heavy (non-hydrogen) atoms. The van der Waals surface area contributed by atoms with Crippen molar-refractivity contribution < 1.29 is 9.53 Å². The van der Waals surface area contributed by atoms with Gasteiger partial charge >= 0.3 is 0 Å². The first kappa shape index (κ1) is 11.1. The standard InChI is InChI=1S/C10H16O2/c1-4-6-10(9(2)11)7-5-8-12-3/h4-5,7,10H,1,6,8H2,2-3H3/b7-5-. The average molecular weight is 168 g/mol. The molecule has 0 rings (SSSR count). The molecule has 0 aromatic rings. The van der Waals surface area contributed by atoms with Gasteiger partial charge in [0.1, 0.15) is 5.78 Å². The second-order valence-electron chi connectivity index (χ2n) is 2.63. The van der Waals surface area contributed by atoms with Crippen molar-refractivity contribution in [1.82, 2.24) is 0 Å². The number of ether oxygens (including phenoxy) is 1. The molecular formula is C10H16O2. The Kier molecular flexibility index (Phi) is 6.29. The van der Waals surface area contributed by atoms with Crippen molar-refractivity contribution in [3.63, 3.8) is 0 Å². The minimum atomic E-state index is -0.0300. The van der Waals surface area contributed by atoms with Gasteiger partial charge in [0, 0.05) is 13.0 Å². The smallest absolute Gasteiger partial charge is 0.136 e. The molecule has 0 aromatic heterocycles. The summed E-state index contributed by atoms with van der Waals surface area (Å²) in [5, 5.41) is 0. The summed E-state index contributed by atoms with van der Waals surface area (Å²) < 4.78 is 4.83. The molecule has 0 fully saturated rings. The number of hydrogen-bond acceptors (Lipinski definition) is 2. The second kappa shape index (κ2) is 6.80. The van der Waals surface area contributed by atoms with Crippen LogP contribution in [0, 0.1) is 5.92 Å². The lowest BCUT2D eigenvalue weighted by atomic mass is 10.0. The van der Waals surface area contributed by atoms with Gasteiger partial charge in [-0.15, -0.1) is 6.58 Å². The maximum absolute atomic E-state index is 11.0. The number of ketones is 1. The van der Waals surface area contributed by atoms with E-state index < -0.39 is 0 Å². The van der Waals surface area contributed by atoms with Crippen molar-refractivity contribution in [2.75, 3.05) is 13.7 Å². The molecule has 0 aliphatic carbocycles. The van der Waals surface area contributed by atoms with Crippen molar-refractivity contribution >= 4 is 5.78 Å². The zero-order chi connectivity index (χ0) is 9.40. The summed E-state index contributed by atoms with van der Waals surface area (Å²) in [6, 6.07) is 0. The summed E-state index contributed by atoms with van der Waals surface area (Å²) in [6.07, 6.45) is 6.18. The first-order valence-electron chi connectivity index (χ1n) is 3.99. The number of methoxy groups -OCH3 is 1. The highest BCUT2D eigenvalue weighted by atomic mass is 16.5. The zero-order valence-electron chi connectivity index (χ0n) is 7.75. The molecule has 0 heterocycles. The van der Waals surface area contributed by atoms with Crippen LogP contribution in [-0.4, -0.2) is 19.5 Å². The van der Waals surface area contributed by atoms with E-state index in [1.807, 2.05) is 12.2 Å². The normalized spacial score (nSPS) is 13.2. The first-order valence-corrected chi connectivity index (χ1v) is 3.99. The van der Waals surface area contributed by atoms with E-state index in [4.69, 9.17) is 4.74 Å². The number of carbonyl (C=O) groups excluding carboxylic acids is 1. The summed E-state index contributed by atoms with van der Waals surface area (Å²) in [7, 11) is 1.63. The Morgan fingerprint density at radius 3 is 2.75 bits per heavy atom. The second-order valence-corrected chi connectivity index (χ2v) is 2.63. The van der Waals surface area contributed by atoms with Gasteiger partial charge in [-0.25, -0.2) is 0 Å². The summed E-state index contributed by atoms with van der Waals surface area (Å²) >= 11 is 0. The Morgan fingerprint density at radius 1 is 1.67 bits per heavy atom. The Morgan fingerprint density at radius 2 is 2.33 bits per heavy atom. The van der Waals surface area contributed by atoms with Gasteiger partial charge in [0.05, 0.1) is 6.61 Å². The molecule has 0 saturated carbocycles. The van der Waals surface area contributed by atoms with Crippen LogP contribution in [-0.2, 0) is 9.53 Å². The lowest BCUT2D eigenvalue weighted by molar-refractivity contribution is -0.119. The molecule has 1 atom stereocenters. The minimum Gasteiger partial charge on any atom is -0.381 e. The van der Waals surface area contributed by atoms with Gasteiger partial charge in [0.2, 0.25) is 0 Å². The third-order valence-electron chi connectivity index (χ3n) is 1.57. The largest absolute Gasteiger partial charge is 0.381 e. The molecule has 68 valence electrons. The molecule has 0 spiro atoms. The summed E-state index contributed by atoms with van der Waals surface area (Å²) in [6.45, 7) is 5.74. The molecule has 0 amide bonds. The van der Waals surface area contributed by atoms with E-state index in [1.165, 1.54) is 0 Å². The van der Waals surface area contributed by atoms with E-state index in [0.29, 0.717) is 13.0 Å². The first-order chi connectivity index (χ1) is 5.72. The van der Waals surface area contributed by atoms with Gasteiger partial charge in [0.15, 0.2) is 0 Å². The van der Waals surface area contributed by atoms with Crippen LogP contribution in [0.3, 0.4) is 0 Å². The van der Waals surface area contributed by atoms with Gasteiger partial charge in [-0.2, -0.15) is 0 Å². The fourth-order valence-corrected chi connectivity index (χ4v) is 0.876. The molecule has 0 aliphatic rings. The van der Waals surface area contributed by atoms with E-state index in [-0.39, 0.29) is 11.7 Å². The number of Topliss-reactive ketones (excluding diaryl/α,β-unsaturated/α-hetero) is 1. The van der Waals surface area contributed by atoms with Gasteiger partial charge in [0.25, 0.3) is 0 Å². The van der Waals surface area contributed by atoms with E-state index in [2.05, 4.69) is 6.58 Å².